The summed E-state index contributed by atoms with van der Waals surface area (Å²) in [7, 11) is 2.51. The molecule has 0 atom stereocenters. The van der Waals surface area contributed by atoms with Gasteiger partial charge in [-0.3, -0.25) is 0 Å². The van der Waals surface area contributed by atoms with Crippen LogP contribution in [0.15, 0.2) is 0 Å². The smallest absolute Gasteiger partial charge is 0.319 e. The third kappa shape index (κ3) is 2.52. The van der Waals surface area contributed by atoms with Crippen LogP contribution in [-0.2, 0) is 0 Å². The summed E-state index contributed by atoms with van der Waals surface area (Å²) in [4.78, 5) is 0. The van der Waals surface area contributed by atoms with Crippen molar-refractivity contribution < 1.29 is 20.1 Å². The SMILES string of the molecule is C[N+](C)(O)C(O)O. The molecule has 4 nitrogen and oxygen atoms in total. The fourth-order valence-corrected chi connectivity index (χ4v) is 0. The van der Waals surface area contributed by atoms with Crippen LogP contribution in [0.25, 0.3) is 0 Å². The summed E-state index contributed by atoms with van der Waals surface area (Å²) < 4.78 is -0.833. The summed E-state index contributed by atoms with van der Waals surface area (Å²) in [5.74, 6) is 0. The van der Waals surface area contributed by atoms with Gasteiger partial charge in [0.25, 0.3) is 0 Å². The zero-order valence-corrected chi connectivity index (χ0v) is 4.37. The second-order valence-corrected chi connectivity index (χ2v) is 1.83. The van der Waals surface area contributed by atoms with E-state index in [0.29, 0.717) is 0 Å². The van der Waals surface area contributed by atoms with Crippen molar-refractivity contribution in [3.05, 3.63) is 0 Å². The van der Waals surface area contributed by atoms with Gasteiger partial charge < -0.3 is 10.2 Å². The Morgan fingerprint density at radius 3 is 1.43 bits per heavy atom. The molecule has 0 heterocycles. The summed E-state index contributed by atoms with van der Waals surface area (Å²) in [6.07, 6.45) is -1.71. The van der Waals surface area contributed by atoms with Crippen LogP contribution in [0.5, 0.6) is 0 Å². The highest BCUT2D eigenvalue weighted by molar-refractivity contribution is 3.96. The van der Waals surface area contributed by atoms with Crippen LogP contribution in [0.4, 0.5) is 0 Å². The minimum Gasteiger partial charge on any atom is -0.319 e. The van der Waals surface area contributed by atoms with Gasteiger partial charge in [-0.15, -0.1) is 4.65 Å². The van der Waals surface area contributed by atoms with Gasteiger partial charge in [-0.1, -0.05) is 0 Å². The second-order valence-electron chi connectivity index (χ2n) is 1.83. The van der Waals surface area contributed by atoms with Crippen LogP contribution in [0.2, 0.25) is 0 Å². The highest BCUT2D eigenvalue weighted by Gasteiger charge is 2.19. The molecule has 0 radical (unpaired) electrons. The average molecular weight is 108 g/mol. The summed E-state index contributed by atoms with van der Waals surface area (Å²) in [6.45, 7) is 0. The Kier molecular flexibility index (Phi) is 1.71. The predicted octanol–water partition coefficient (Wildman–Crippen LogP) is -1.28. The predicted molar refractivity (Wildman–Crippen MR) is 22.1 cm³/mol. The maximum absolute atomic E-state index is 8.53. The van der Waals surface area contributed by atoms with Crippen molar-refractivity contribution >= 4 is 0 Å². The molecule has 0 spiro atoms. The number of hydrogen-bond acceptors (Lipinski definition) is 3. The van der Waals surface area contributed by atoms with Gasteiger partial charge in [-0.05, 0) is 0 Å². The van der Waals surface area contributed by atoms with Gasteiger partial charge >= 0.3 is 6.41 Å². The van der Waals surface area contributed by atoms with Crippen LogP contribution in [0, 0.1) is 0 Å². The van der Waals surface area contributed by atoms with E-state index < -0.39 is 11.1 Å². The molecule has 0 fully saturated rings. The fraction of sp³-hybridized carbons (Fsp3) is 1.00. The third-order valence-electron chi connectivity index (χ3n) is 0.565. The van der Waals surface area contributed by atoms with Gasteiger partial charge in [0.1, 0.15) is 14.1 Å². The van der Waals surface area contributed by atoms with E-state index in [2.05, 4.69) is 0 Å². The maximum Gasteiger partial charge on any atom is 0.334 e. The lowest BCUT2D eigenvalue weighted by Crippen LogP contribution is -2.45. The summed E-state index contributed by atoms with van der Waals surface area (Å²) in [5.41, 5.74) is 0. The van der Waals surface area contributed by atoms with Crippen molar-refractivity contribution in [2.45, 2.75) is 6.41 Å². The summed E-state index contributed by atoms with van der Waals surface area (Å²) in [5, 5.41) is 24.9. The Hall–Kier alpha value is -0.160. The van der Waals surface area contributed by atoms with E-state index in [1.54, 1.807) is 0 Å². The first-order chi connectivity index (χ1) is 2.94. The van der Waals surface area contributed by atoms with Crippen LogP contribution in [0.1, 0.15) is 0 Å². The molecule has 7 heavy (non-hydrogen) atoms. The first-order valence-corrected chi connectivity index (χ1v) is 1.87. The molecule has 0 aliphatic heterocycles. The van der Waals surface area contributed by atoms with Crippen molar-refractivity contribution in [1.82, 2.24) is 0 Å². The van der Waals surface area contributed by atoms with E-state index in [0.717, 1.165) is 0 Å². The van der Waals surface area contributed by atoms with Gasteiger partial charge in [-0.25, -0.2) is 5.21 Å². The van der Waals surface area contributed by atoms with E-state index in [9.17, 15) is 0 Å². The molecule has 0 aromatic heterocycles. The number of rotatable bonds is 1. The molecular formula is C3H10NO3+. The molecule has 0 aromatic rings. The van der Waals surface area contributed by atoms with Crippen molar-refractivity contribution in [2.24, 2.45) is 0 Å². The van der Waals surface area contributed by atoms with Crippen molar-refractivity contribution in [3.63, 3.8) is 0 Å². The molecule has 0 aromatic carbocycles. The molecule has 0 aliphatic rings. The lowest BCUT2D eigenvalue weighted by atomic mass is 10.8. The second kappa shape index (κ2) is 1.75. The van der Waals surface area contributed by atoms with E-state index >= 15 is 0 Å². The molecule has 4 heteroatoms. The van der Waals surface area contributed by atoms with Crippen LogP contribution < -0.4 is 0 Å². The van der Waals surface area contributed by atoms with E-state index in [-0.39, 0.29) is 0 Å². The van der Waals surface area contributed by atoms with Gasteiger partial charge in [0.05, 0.1) is 0 Å². The number of hydrogen-bond donors (Lipinski definition) is 3. The Balaban J connectivity index is 3.54. The van der Waals surface area contributed by atoms with Crippen molar-refractivity contribution in [2.75, 3.05) is 14.1 Å². The summed E-state index contributed by atoms with van der Waals surface area (Å²) in [6, 6.07) is 0. The highest BCUT2D eigenvalue weighted by Crippen LogP contribution is 1.91. The minimum absolute atomic E-state index is 0.833. The number of nitrogens with zero attached hydrogens (tertiary/aromatic N) is 1. The van der Waals surface area contributed by atoms with Crippen LogP contribution >= 0.6 is 0 Å². The van der Waals surface area contributed by atoms with Gasteiger partial charge in [0, 0.05) is 0 Å². The van der Waals surface area contributed by atoms with Gasteiger partial charge in [0.15, 0.2) is 0 Å². The fourth-order valence-electron chi connectivity index (χ4n) is 0. The Morgan fingerprint density at radius 2 is 1.43 bits per heavy atom. The molecular weight excluding hydrogens is 98.0 g/mol. The molecule has 0 bridgehead atoms. The van der Waals surface area contributed by atoms with Crippen molar-refractivity contribution in [3.8, 4) is 0 Å². The molecule has 0 unspecified atom stereocenters. The molecule has 44 valence electrons. The molecule has 0 rings (SSSR count). The molecule has 0 amide bonds. The van der Waals surface area contributed by atoms with Gasteiger partial charge in [-0.2, -0.15) is 0 Å². The molecule has 3 N–H and O–H groups in total. The summed E-state index contributed by atoms with van der Waals surface area (Å²) >= 11 is 0. The maximum atomic E-state index is 8.53. The third-order valence-corrected chi connectivity index (χ3v) is 0.565. The Bertz CT molecular complexity index is 55.7. The zero-order valence-electron chi connectivity index (χ0n) is 4.37. The van der Waals surface area contributed by atoms with Gasteiger partial charge in [0.2, 0.25) is 0 Å². The topological polar surface area (TPSA) is 60.7 Å². The first-order valence-electron chi connectivity index (χ1n) is 1.87. The normalized spacial score (nSPS) is 12.9. The van der Waals surface area contributed by atoms with E-state index in [1.807, 2.05) is 0 Å². The Morgan fingerprint density at radius 1 is 1.29 bits per heavy atom. The number of quaternary nitrogens is 1. The van der Waals surface area contributed by atoms with E-state index in [1.165, 1.54) is 14.1 Å². The monoisotopic (exact) mass is 108 g/mol. The molecule has 0 aliphatic carbocycles. The minimum atomic E-state index is -1.71. The lowest BCUT2D eigenvalue weighted by molar-refractivity contribution is -1.12. The number of aliphatic hydroxyl groups is 2. The number of aliphatic hydroxyl groups excluding tert-OH is 1. The van der Waals surface area contributed by atoms with Crippen molar-refractivity contribution in [1.29, 1.82) is 0 Å². The van der Waals surface area contributed by atoms with E-state index in [4.69, 9.17) is 15.4 Å². The van der Waals surface area contributed by atoms with Crippen LogP contribution in [-0.4, -0.2) is 40.6 Å². The first kappa shape index (κ1) is 6.84. The zero-order chi connectivity index (χ0) is 6.08. The molecule has 0 saturated carbocycles. The standard InChI is InChI=1S/C3H10NO3/c1-4(2,7)3(5)6/h3,5-7H,1-2H3/q+1. The van der Waals surface area contributed by atoms with Crippen LogP contribution in [0.3, 0.4) is 0 Å². The highest BCUT2D eigenvalue weighted by atomic mass is 16.6. The lowest BCUT2D eigenvalue weighted by Gasteiger charge is -2.19. The number of hydroxylamine groups is 3. The average Bonchev–Trinajstić information content (AvgIpc) is 1.31. The molecule has 0 saturated heterocycles. The largest absolute Gasteiger partial charge is 0.334 e. The Labute approximate surface area is 41.8 Å². The quantitative estimate of drug-likeness (QED) is 0.223.